The highest BCUT2D eigenvalue weighted by atomic mass is 19.4. The number of hydrogen-bond acceptors (Lipinski definition) is 3. The fraction of sp³-hybridized carbons (Fsp3) is 1.00. The molecule has 4 unspecified atom stereocenters. The summed E-state index contributed by atoms with van der Waals surface area (Å²) in [7, 11) is 0. The van der Waals surface area contributed by atoms with E-state index in [9.17, 15) is 31.4 Å². The van der Waals surface area contributed by atoms with Gasteiger partial charge in [-0.2, -0.15) is 26.3 Å². The number of halogens is 6. The van der Waals surface area contributed by atoms with Crippen LogP contribution in [-0.2, 0) is 4.89 Å². The van der Waals surface area contributed by atoms with E-state index in [0.29, 0.717) is 12.8 Å². The van der Waals surface area contributed by atoms with Gasteiger partial charge in [-0.1, -0.05) is 0 Å². The van der Waals surface area contributed by atoms with Gasteiger partial charge in [-0.3, -0.25) is 5.26 Å². The summed E-state index contributed by atoms with van der Waals surface area (Å²) in [6, 6.07) is 0. The Morgan fingerprint density at radius 1 is 0.950 bits per heavy atom. The Balaban J connectivity index is 2.18. The maximum Gasteiger partial charge on any atom is 0.426 e. The average Bonchev–Trinajstić information content (AvgIpc) is 2.84. The summed E-state index contributed by atoms with van der Waals surface area (Å²) in [6.07, 6.45) is -12.7. The van der Waals surface area contributed by atoms with Gasteiger partial charge in [-0.25, -0.2) is 4.89 Å². The van der Waals surface area contributed by atoms with Crippen molar-refractivity contribution in [2.75, 3.05) is 0 Å². The zero-order chi connectivity index (χ0) is 15.3. The topological polar surface area (TPSA) is 49.7 Å². The summed E-state index contributed by atoms with van der Waals surface area (Å²) in [5, 5.41) is 17.8. The summed E-state index contributed by atoms with van der Waals surface area (Å²) in [4.78, 5) is 4.12. The minimum Gasteiger partial charge on any atom is -0.374 e. The van der Waals surface area contributed by atoms with Gasteiger partial charge < -0.3 is 5.11 Å². The van der Waals surface area contributed by atoms with Gasteiger partial charge >= 0.3 is 12.4 Å². The predicted octanol–water partition coefficient (Wildman–Crippen LogP) is 3.14. The Morgan fingerprint density at radius 2 is 1.50 bits per heavy atom. The van der Waals surface area contributed by atoms with Crippen molar-refractivity contribution in [3.8, 4) is 0 Å². The molecule has 3 nitrogen and oxygen atoms in total. The van der Waals surface area contributed by atoms with Crippen LogP contribution in [0.15, 0.2) is 0 Å². The molecule has 0 saturated heterocycles. The molecule has 2 saturated carbocycles. The van der Waals surface area contributed by atoms with Crippen molar-refractivity contribution in [3.63, 3.8) is 0 Å². The third-order valence-electron chi connectivity index (χ3n) is 4.52. The largest absolute Gasteiger partial charge is 0.426 e. The van der Waals surface area contributed by atoms with Crippen LogP contribution in [0.1, 0.15) is 25.7 Å². The highest BCUT2D eigenvalue weighted by molar-refractivity contribution is 5.02. The Morgan fingerprint density at radius 3 is 1.90 bits per heavy atom. The SMILES string of the molecule is OOC1CC2CC(CC(O)(C(F)(F)F)C(F)(F)F)C1C2. The molecule has 0 spiro atoms. The van der Waals surface area contributed by atoms with E-state index in [1.807, 2.05) is 0 Å². The molecule has 2 aliphatic carbocycles. The summed E-state index contributed by atoms with van der Waals surface area (Å²) in [5.41, 5.74) is -4.71. The standard InChI is InChI=1S/C11H14F6O3/c12-10(13,14)9(18,11(15,16)17)4-6-1-5-2-7(6)8(3-5)20-19/h5-8,18-19H,1-4H2. The van der Waals surface area contributed by atoms with Crippen molar-refractivity contribution in [2.24, 2.45) is 17.8 Å². The molecule has 0 amide bonds. The van der Waals surface area contributed by atoms with Gasteiger partial charge in [0.25, 0.3) is 5.60 Å². The quantitative estimate of drug-likeness (QED) is 0.478. The van der Waals surface area contributed by atoms with Crippen LogP contribution < -0.4 is 0 Å². The first-order valence-corrected chi connectivity index (χ1v) is 6.15. The molecule has 2 bridgehead atoms. The van der Waals surface area contributed by atoms with Crippen LogP contribution in [0.2, 0.25) is 0 Å². The number of hydrogen-bond donors (Lipinski definition) is 2. The lowest BCUT2D eigenvalue weighted by molar-refractivity contribution is -0.374. The van der Waals surface area contributed by atoms with Gasteiger partial charge in [0, 0.05) is 0 Å². The molecule has 2 N–H and O–H groups in total. The Bertz CT molecular complexity index is 352. The van der Waals surface area contributed by atoms with Gasteiger partial charge in [0.05, 0.1) is 6.10 Å². The van der Waals surface area contributed by atoms with E-state index < -0.39 is 42.3 Å². The molecule has 9 heteroatoms. The third kappa shape index (κ3) is 2.39. The molecule has 0 aromatic rings. The van der Waals surface area contributed by atoms with E-state index >= 15 is 0 Å². The summed E-state index contributed by atoms with van der Waals surface area (Å²) in [5.74, 6) is -1.62. The van der Waals surface area contributed by atoms with Crippen molar-refractivity contribution < 1.29 is 41.6 Å². The molecule has 2 aliphatic rings. The van der Waals surface area contributed by atoms with E-state index in [-0.39, 0.29) is 12.3 Å². The molecule has 20 heavy (non-hydrogen) atoms. The first kappa shape index (κ1) is 15.8. The van der Waals surface area contributed by atoms with Gasteiger partial charge in [0.2, 0.25) is 0 Å². The Kier molecular flexibility index (Phi) is 3.75. The fourth-order valence-corrected chi connectivity index (χ4v) is 3.56. The second kappa shape index (κ2) is 4.74. The third-order valence-corrected chi connectivity index (χ3v) is 4.52. The highest BCUT2D eigenvalue weighted by Crippen LogP contribution is 2.55. The first-order chi connectivity index (χ1) is 8.99. The molecular formula is C11H14F6O3. The maximum absolute atomic E-state index is 12.6. The molecule has 0 radical (unpaired) electrons. The van der Waals surface area contributed by atoms with Crippen LogP contribution in [-0.4, -0.2) is 34.4 Å². The molecule has 2 rings (SSSR count). The monoisotopic (exact) mass is 308 g/mol. The van der Waals surface area contributed by atoms with Crippen LogP contribution in [0.4, 0.5) is 26.3 Å². The van der Waals surface area contributed by atoms with E-state index in [2.05, 4.69) is 4.89 Å². The van der Waals surface area contributed by atoms with E-state index in [1.165, 1.54) is 0 Å². The minimum atomic E-state index is -5.79. The molecule has 0 aliphatic heterocycles. The zero-order valence-corrected chi connectivity index (χ0v) is 10.2. The number of rotatable bonds is 3. The van der Waals surface area contributed by atoms with E-state index in [1.54, 1.807) is 0 Å². The van der Waals surface area contributed by atoms with Crippen LogP contribution in [0.5, 0.6) is 0 Å². The summed E-state index contributed by atoms with van der Waals surface area (Å²) in [6.45, 7) is 0. The Labute approximate surface area is 110 Å². The normalized spacial score (nSPS) is 34.8. The number of aliphatic hydroxyl groups is 1. The second-order valence-corrected chi connectivity index (χ2v) is 5.70. The van der Waals surface area contributed by atoms with Crippen molar-refractivity contribution in [1.82, 2.24) is 0 Å². The summed E-state index contributed by atoms with van der Waals surface area (Å²) >= 11 is 0. The predicted molar refractivity (Wildman–Crippen MR) is 53.5 cm³/mol. The molecule has 2 fully saturated rings. The molecule has 118 valence electrons. The van der Waals surface area contributed by atoms with Crippen molar-refractivity contribution in [3.05, 3.63) is 0 Å². The Hall–Kier alpha value is -0.540. The molecule has 4 atom stereocenters. The second-order valence-electron chi connectivity index (χ2n) is 5.70. The smallest absolute Gasteiger partial charge is 0.374 e. The molecule has 0 heterocycles. The summed E-state index contributed by atoms with van der Waals surface area (Å²) < 4.78 is 75.7. The molecule has 0 aromatic heterocycles. The maximum atomic E-state index is 12.6. The van der Waals surface area contributed by atoms with E-state index in [0.717, 1.165) is 0 Å². The van der Waals surface area contributed by atoms with Crippen LogP contribution in [0, 0.1) is 17.8 Å². The van der Waals surface area contributed by atoms with Gasteiger partial charge in [0.1, 0.15) is 0 Å². The lowest BCUT2D eigenvalue weighted by atomic mass is 9.78. The van der Waals surface area contributed by atoms with Crippen molar-refractivity contribution >= 4 is 0 Å². The highest BCUT2D eigenvalue weighted by Gasteiger charge is 2.71. The van der Waals surface area contributed by atoms with E-state index in [4.69, 9.17) is 5.26 Å². The zero-order valence-electron chi connectivity index (χ0n) is 10.2. The van der Waals surface area contributed by atoms with Crippen LogP contribution in [0.25, 0.3) is 0 Å². The molecule has 0 aromatic carbocycles. The average molecular weight is 308 g/mol. The number of fused-ring (bicyclic) bond motifs is 2. The minimum absolute atomic E-state index is 0.0622. The lowest BCUT2D eigenvalue weighted by Crippen LogP contribution is -2.58. The van der Waals surface area contributed by atoms with Gasteiger partial charge in [0.15, 0.2) is 0 Å². The van der Waals surface area contributed by atoms with Crippen molar-refractivity contribution in [1.29, 1.82) is 0 Å². The van der Waals surface area contributed by atoms with Gasteiger partial charge in [-0.15, -0.1) is 0 Å². The van der Waals surface area contributed by atoms with Gasteiger partial charge in [-0.05, 0) is 43.4 Å². The number of alkyl halides is 6. The van der Waals surface area contributed by atoms with Crippen LogP contribution in [0.3, 0.4) is 0 Å². The fourth-order valence-electron chi connectivity index (χ4n) is 3.56. The van der Waals surface area contributed by atoms with Crippen LogP contribution >= 0.6 is 0 Å². The van der Waals surface area contributed by atoms with Crippen molar-refractivity contribution in [2.45, 2.75) is 49.7 Å². The lowest BCUT2D eigenvalue weighted by Gasteiger charge is -2.37. The molecular weight excluding hydrogens is 294 g/mol. The first-order valence-electron chi connectivity index (χ1n) is 6.15.